The third kappa shape index (κ3) is 4.60. The minimum absolute atomic E-state index is 0.202. The highest BCUT2D eigenvalue weighted by Crippen LogP contribution is 2.21. The molecule has 4 heteroatoms. The summed E-state index contributed by atoms with van der Waals surface area (Å²) in [6.45, 7) is 0.304. The van der Waals surface area contributed by atoms with Gasteiger partial charge in [-0.05, 0) is 56.3 Å². The predicted octanol–water partition coefficient (Wildman–Crippen LogP) is 4.29. The van der Waals surface area contributed by atoms with Gasteiger partial charge in [0.2, 0.25) is 0 Å². The highest BCUT2D eigenvalue weighted by atomic mass is 19.3. The molecule has 2 nitrogen and oxygen atoms in total. The van der Waals surface area contributed by atoms with Crippen molar-refractivity contribution in [3.63, 3.8) is 0 Å². The third-order valence-electron chi connectivity index (χ3n) is 3.70. The Kier molecular flexibility index (Phi) is 5.53. The fraction of sp³-hybridized carbons (Fsp3) is 0.500. The summed E-state index contributed by atoms with van der Waals surface area (Å²) in [4.78, 5) is 0. The maximum Gasteiger partial charge on any atom is 0.387 e. The molecule has 0 saturated carbocycles. The smallest absolute Gasteiger partial charge is 0.387 e. The lowest BCUT2D eigenvalue weighted by Crippen LogP contribution is -2.26. The quantitative estimate of drug-likeness (QED) is 0.785. The zero-order valence-electron chi connectivity index (χ0n) is 11.7. The van der Waals surface area contributed by atoms with Gasteiger partial charge in [0.1, 0.15) is 5.75 Å². The van der Waals surface area contributed by atoms with Crippen molar-refractivity contribution in [1.29, 1.82) is 0 Å². The summed E-state index contributed by atoms with van der Waals surface area (Å²) in [6, 6.07) is 7.04. The Morgan fingerprint density at radius 1 is 1.25 bits per heavy atom. The largest absolute Gasteiger partial charge is 0.435 e. The number of hydrogen-bond acceptors (Lipinski definition) is 2. The summed E-state index contributed by atoms with van der Waals surface area (Å²) in [5.41, 5.74) is 1.08. The van der Waals surface area contributed by atoms with Gasteiger partial charge in [-0.3, -0.25) is 0 Å². The molecule has 0 radical (unpaired) electrons. The fourth-order valence-electron chi connectivity index (χ4n) is 2.44. The molecule has 1 aromatic carbocycles. The highest BCUT2D eigenvalue weighted by Gasteiger charge is 2.12. The highest BCUT2D eigenvalue weighted by molar-refractivity contribution is 5.28. The van der Waals surface area contributed by atoms with Crippen molar-refractivity contribution in [2.24, 2.45) is 5.92 Å². The number of alkyl halides is 2. The Balaban J connectivity index is 1.82. The molecule has 0 saturated heterocycles. The predicted molar refractivity (Wildman–Crippen MR) is 76.0 cm³/mol. The second-order valence-electron chi connectivity index (χ2n) is 5.23. The topological polar surface area (TPSA) is 21.3 Å². The van der Waals surface area contributed by atoms with Crippen molar-refractivity contribution in [2.75, 3.05) is 6.54 Å². The molecule has 1 aliphatic rings. The molecule has 0 fully saturated rings. The lowest BCUT2D eigenvalue weighted by Gasteiger charge is -2.21. The van der Waals surface area contributed by atoms with Crippen LogP contribution in [0.5, 0.6) is 5.75 Å². The maximum absolute atomic E-state index is 12.1. The molecule has 110 valence electrons. The lowest BCUT2D eigenvalue weighted by molar-refractivity contribution is -0.0498. The van der Waals surface area contributed by atoms with Gasteiger partial charge in [0.05, 0.1) is 0 Å². The first-order valence-electron chi connectivity index (χ1n) is 7.08. The second kappa shape index (κ2) is 7.39. The number of allylic oxidation sites excluding steroid dienone is 2. The van der Waals surface area contributed by atoms with Crippen molar-refractivity contribution in [2.45, 2.75) is 38.8 Å². The van der Waals surface area contributed by atoms with Crippen LogP contribution in [0, 0.1) is 5.92 Å². The lowest BCUT2D eigenvalue weighted by atomic mass is 9.94. The Bertz CT molecular complexity index is 431. The van der Waals surface area contributed by atoms with E-state index in [1.54, 1.807) is 12.1 Å². The SMILES string of the molecule is CC(NCC1CC=CCC1)c1ccc(OC(F)F)cc1. The molecular formula is C16H21F2NO. The van der Waals surface area contributed by atoms with Crippen molar-refractivity contribution in [3.8, 4) is 5.75 Å². The maximum atomic E-state index is 12.1. The Morgan fingerprint density at radius 2 is 2.00 bits per heavy atom. The minimum Gasteiger partial charge on any atom is -0.435 e. The summed E-state index contributed by atoms with van der Waals surface area (Å²) in [5, 5.41) is 3.51. The monoisotopic (exact) mass is 281 g/mol. The van der Waals surface area contributed by atoms with Crippen LogP contribution < -0.4 is 10.1 Å². The van der Waals surface area contributed by atoms with Gasteiger partial charge in [0.15, 0.2) is 0 Å². The standard InChI is InChI=1S/C16H21F2NO/c1-12(19-11-13-5-3-2-4-6-13)14-7-9-15(10-8-14)20-16(17)18/h2-3,7-10,12-13,16,19H,4-6,11H2,1H3. The summed E-state index contributed by atoms with van der Waals surface area (Å²) in [7, 11) is 0. The summed E-state index contributed by atoms with van der Waals surface area (Å²) < 4.78 is 28.5. The van der Waals surface area contributed by atoms with E-state index in [0.29, 0.717) is 5.92 Å². The fourth-order valence-corrected chi connectivity index (χ4v) is 2.44. The molecule has 1 aromatic rings. The first kappa shape index (κ1) is 15.0. The molecule has 0 aliphatic heterocycles. The second-order valence-corrected chi connectivity index (χ2v) is 5.23. The van der Waals surface area contributed by atoms with Gasteiger partial charge >= 0.3 is 6.61 Å². The van der Waals surface area contributed by atoms with Crippen LogP contribution in [0.4, 0.5) is 8.78 Å². The summed E-state index contributed by atoms with van der Waals surface area (Å²) >= 11 is 0. The molecule has 0 amide bonds. The van der Waals surface area contributed by atoms with Gasteiger partial charge in [-0.1, -0.05) is 24.3 Å². The van der Waals surface area contributed by atoms with Crippen LogP contribution in [0.25, 0.3) is 0 Å². The first-order valence-corrected chi connectivity index (χ1v) is 7.08. The van der Waals surface area contributed by atoms with E-state index in [1.807, 2.05) is 12.1 Å². The molecule has 0 heterocycles. The molecule has 2 rings (SSSR count). The number of halogens is 2. The Hall–Kier alpha value is -1.42. The molecule has 20 heavy (non-hydrogen) atoms. The van der Waals surface area contributed by atoms with Crippen LogP contribution in [0.2, 0.25) is 0 Å². The average Bonchev–Trinajstić information content (AvgIpc) is 2.46. The molecule has 0 aromatic heterocycles. The van der Waals surface area contributed by atoms with Gasteiger partial charge < -0.3 is 10.1 Å². The minimum atomic E-state index is -2.77. The van der Waals surface area contributed by atoms with Crippen LogP contribution in [-0.2, 0) is 0 Å². The molecule has 1 aliphatic carbocycles. The van der Waals surface area contributed by atoms with Gasteiger partial charge in [0, 0.05) is 6.04 Å². The Labute approximate surface area is 118 Å². The van der Waals surface area contributed by atoms with Gasteiger partial charge in [-0.25, -0.2) is 0 Å². The van der Waals surface area contributed by atoms with Gasteiger partial charge in [-0.15, -0.1) is 0 Å². The summed E-state index contributed by atoms with van der Waals surface area (Å²) in [5.74, 6) is 0.900. The van der Waals surface area contributed by atoms with E-state index in [9.17, 15) is 8.78 Å². The van der Waals surface area contributed by atoms with E-state index in [1.165, 1.54) is 12.8 Å². The zero-order valence-corrected chi connectivity index (χ0v) is 11.7. The molecular weight excluding hydrogens is 260 g/mol. The molecule has 2 unspecified atom stereocenters. The van der Waals surface area contributed by atoms with E-state index in [2.05, 4.69) is 29.1 Å². The van der Waals surface area contributed by atoms with Crippen LogP contribution in [0.15, 0.2) is 36.4 Å². The molecule has 0 spiro atoms. The molecule has 0 bridgehead atoms. The molecule has 2 atom stereocenters. The zero-order chi connectivity index (χ0) is 14.4. The van der Waals surface area contributed by atoms with Crippen molar-refractivity contribution < 1.29 is 13.5 Å². The van der Waals surface area contributed by atoms with E-state index < -0.39 is 6.61 Å². The number of nitrogens with one attached hydrogen (secondary N) is 1. The van der Waals surface area contributed by atoms with Crippen molar-refractivity contribution in [1.82, 2.24) is 5.32 Å². The number of hydrogen-bond donors (Lipinski definition) is 1. The van der Waals surface area contributed by atoms with Gasteiger partial charge in [0.25, 0.3) is 0 Å². The number of rotatable bonds is 6. The van der Waals surface area contributed by atoms with E-state index in [-0.39, 0.29) is 11.8 Å². The average molecular weight is 281 g/mol. The third-order valence-corrected chi connectivity index (χ3v) is 3.70. The van der Waals surface area contributed by atoms with E-state index in [0.717, 1.165) is 18.5 Å². The normalized spacial score (nSPS) is 20.1. The van der Waals surface area contributed by atoms with Crippen LogP contribution in [-0.4, -0.2) is 13.2 Å². The van der Waals surface area contributed by atoms with Crippen LogP contribution >= 0.6 is 0 Å². The molecule has 1 N–H and O–H groups in total. The van der Waals surface area contributed by atoms with Crippen molar-refractivity contribution >= 4 is 0 Å². The number of benzene rings is 1. The summed E-state index contributed by atoms with van der Waals surface area (Å²) in [6.07, 6.45) is 8.03. The number of ether oxygens (including phenoxy) is 1. The van der Waals surface area contributed by atoms with Gasteiger partial charge in [-0.2, -0.15) is 8.78 Å². The van der Waals surface area contributed by atoms with E-state index >= 15 is 0 Å². The Morgan fingerprint density at radius 3 is 2.60 bits per heavy atom. The van der Waals surface area contributed by atoms with Crippen LogP contribution in [0.3, 0.4) is 0 Å². The van der Waals surface area contributed by atoms with Crippen molar-refractivity contribution in [3.05, 3.63) is 42.0 Å². The first-order chi connectivity index (χ1) is 9.65. The van der Waals surface area contributed by atoms with E-state index in [4.69, 9.17) is 0 Å². The van der Waals surface area contributed by atoms with Crippen LogP contribution in [0.1, 0.15) is 37.8 Å².